The Morgan fingerprint density at radius 2 is 1.59 bits per heavy atom. The van der Waals surface area contributed by atoms with Crippen LogP contribution in [0.2, 0.25) is 0 Å². The van der Waals surface area contributed by atoms with E-state index < -0.39 is 5.91 Å². The van der Waals surface area contributed by atoms with Crippen LogP contribution < -0.4 is 15.2 Å². The number of fused-ring (bicyclic) bond motifs is 3. The van der Waals surface area contributed by atoms with Gasteiger partial charge in [0.2, 0.25) is 0 Å². The molecular formula is C26H25N3O5. The molecule has 1 aliphatic rings. The van der Waals surface area contributed by atoms with E-state index in [1.165, 1.54) is 0 Å². The molecule has 2 heterocycles. The van der Waals surface area contributed by atoms with Gasteiger partial charge in [0.05, 0.1) is 38.5 Å². The second kappa shape index (κ2) is 8.72. The lowest BCUT2D eigenvalue weighted by molar-refractivity contribution is 0.0303. The second-order valence-corrected chi connectivity index (χ2v) is 8.20. The summed E-state index contributed by atoms with van der Waals surface area (Å²) in [4.78, 5) is 30.5. The summed E-state index contributed by atoms with van der Waals surface area (Å²) in [6, 6.07) is 14.8. The Morgan fingerprint density at radius 1 is 0.912 bits per heavy atom. The average molecular weight is 460 g/mol. The largest absolute Gasteiger partial charge is 0.497 e. The Bertz CT molecular complexity index is 1400. The van der Waals surface area contributed by atoms with Crippen LogP contribution in [0, 0.1) is 0 Å². The molecule has 174 valence electrons. The summed E-state index contributed by atoms with van der Waals surface area (Å²) in [6.45, 7) is 2.21. The number of methoxy groups -OCH3 is 2. The van der Waals surface area contributed by atoms with Crippen LogP contribution in [0.3, 0.4) is 0 Å². The molecule has 0 bridgehead atoms. The van der Waals surface area contributed by atoms with E-state index in [-0.39, 0.29) is 5.91 Å². The van der Waals surface area contributed by atoms with Crippen molar-refractivity contribution in [2.45, 2.75) is 0 Å². The fraction of sp³-hybridized carbons (Fsp3) is 0.231. The van der Waals surface area contributed by atoms with Crippen molar-refractivity contribution in [2.75, 3.05) is 40.5 Å². The summed E-state index contributed by atoms with van der Waals surface area (Å²) in [7, 11) is 3.17. The average Bonchev–Trinajstić information content (AvgIpc) is 3.25. The lowest BCUT2D eigenvalue weighted by atomic mass is 9.98. The highest BCUT2D eigenvalue weighted by Crippen LogP contribution is 2.36. The molecule has 0 atom stereocenters. The molecule has 1 aromatic heterocycles. The number of primary amides is 1. The van der Waals surface area contributed by atoms with Gasteiger partial charge in [-0.3, -0.25) is 9.59 Å². The van der Waals surface area contributed by atoms with E-state index in [2.05, 4.69) is 4.98 Å². The molecule has 3 aromatic carbocycles. The molecule has 1 saturated heterocycles. The van der Waals surface area contributed by atoms with Gasteiger partial charge in [0.1, 0.15) is 11.5 Å². The van der Waals surface area contributed by atoms with Gasteiger partial charge < -0.3 is 29.8 Å². The predicted molar refractivity (Wildman–Crippen MR) is 130 cm³/mol. The summed E-state index contributed by atoms with van der Waals surface area (Å²) < 4.78 is 16.2. The maximum absolute atomic E-state index is 13.1. The van der Waals surface area contributed by atoms with Crippen molar-refractivity contribution in [2.24, 2.45) is 5.73 Å². The number of hydrogen-bond donors (Lipinski definition) is 2. The van der Waals surface area contributed by atoms with Gasteiger partial charge in [-0.15, -0.1) is 0 Å². The van der Waals surface area contributed by atoms with Gasteiger partial charge in [0, 0.05) is 41.0 Å². The van der Waals surface area contributed by atoms with Gasteiger partial charge in [0.25, 0.3) is 11.8 Å². The van der Waals surface area contributed by atoms with E-state index in [1.54, 1.807) is 37.3 Å². The van der Waals surface area contributed by atoms with Gasteiger partial charge >= 0.3 is 0 Å². The Labute approximate surface area is 196 Å². The van der Waals surface area contributed by atoms with E-state index in [1.807, 2.05) is 30.3 Å². The SMILES string of the molecule is COc1cc(OC)cc(-c2cc(C(N)=O)c3[nH]c4ccc(C(=O)N5CCOCC5)cc4c3c2)c1. The molecule has 3 N–H and O–H groups in total. The summed E-state index contributed by atoms with van der Waals surface area (Å²) >= 11 is 0. The minimum atomic E-state index is -0.544. The molecule has 0 saturated carbocycles. The maximum Gasteiger partial charge on any atom is 0.254 e. The molecule has 1 aliphatic heterocycles. The van der Waals surface area contributed by atoms with Crippen LogP contribution in [0.25, 0.3) is 32.9 Å². The first kappa shape index (κ1) is 21.8. The van der Waals surface area contributed by atoms with Crippen LogP contribution in [0.15, 0.2) is 48.5 Å². The number of rotatable bonds is 5. The highest BCUT2D eigenvalue weighted by Gasteiger charge is 2.21. The lowest BCUT2D eigenvalue weighted by Crippen LogP contribution is -2.40. The number of benzene rings is 3. The molecule has 8 heteroatoms. The highest BCUT2D eigenvalue weighted by molar-refractivity contribution is 6.17. The van der Waals surface area contributed by atoms with Crippen LogP contribution in [0.1, 0.15) is 20.7 Å². The minimum absolute atomic E-state index is 0.0386. The first-order chi connectivity index (χ1) is 16.5. The van der Waals surface area contributed by atoms with Crippen molar-refractivity contribution in [3.05, 3.63) is 59.7 Å². The van der Waals surface area contributed by atoms with E-state index in [0.29, 0.717) is 54.4 Å². The third kappa shape index (κ3) is 3.82. The quantitative estimate of drug-likeness (QED) is 0.474. The van der Waals surface area contributed by atoms with Gasteiger partial charge in [-0.05, 0) is 53.6 Å². The first-order valence-electron chi connectivity index (χ1n) is 11.0. The topological polar surface area (TPSA) is 107 Å². The third-order valence-electron chi connectivity index (χ3n) is 6.20. The maximum atomic E-state index is 13.1. The van der Waals surface area contributed by atoms with Crippen molar-refractivity contribution < 1.29 is 23.8 Å². The first-order valence-corrected chi connectivity index (χ1v) is 11.0. The number of nitrogens with one attached hydrogen (secondary N) is 1. The van der Waals surface area contributed by atoms with Crippen molar-refractivity contribution >= 4 is 33.6 Å². The van der Waals surface area contributed by atoms with E-state index in [9.17, 15) is 9.59 Å². The van der Waals surface area contributed by atoms with Crippen molar-refractivity contribution in [3.8, 4) is 22.6 Å². The van der Waals surface area contributed by atoms with Crippen LogP contribution in [-0.2, 0) is 4.74 Å². The predicted octanol–water partition coefficient (Wildman–Crippen LogP) is 3.58. The van der Waals surface area contributed by atoms with E-state index in [0.717, 1.165) is 27.4 Å². The summed E-state index contributed by atoms with van der Waals surface area (Å²) in [6.07, 6.45) is 0. The number of morpholine rings is 1. The van der Waals surface area contributed by atoms with Crippen molar-refractivity contribution in [3.63, 3.8) is 0 Å². The zero-order chi connectivity index (χ0) is 23.8. The smallest absolute Gasteiger partial charge is 0.254 e. The lowest BCUT2D eigenvalue weighted by Gasteiger charge is -2.26. The normalized spacial score (nSPS) is 13.9. The molecule has 2 amide bonds. The third-order valence-corrected chi connectivity index (χ3v) is 6.20. The number of aromatic nitrogens is 1. The van der Waals surface area contributed by atoms with Crippen LogP contribution >= 0.6 is 0 Å². The number of aromatic amines is 1. The van der Waals surface area contributed by atoms with Gasteiger partial charge in [-0.2, -0.15) is 0 Å². The standard InChI is InChI=1S/C26H25N3O5/c1-32-18-9-16(10-19(14-18)33-2)17-12-21-20-11-15(26(31)29-5-7-34-8-6-29)3-4-23(20)28-24(21)22(13-17)25(27)30/h3-4,9-14,28H,5-8H2,1-2H3,(H2,27,30). The fourth-order valence-electron chi connectivity index (χ4n) is 4.42. The Morgan fingerprint density at radius 3 is 2.24 bits per heavy atom. The number of ether oxygens (including phenoxy) is 3. The number of carbonyl (C=O) groups excluding carboxylic acids is 2. The zero-order valence-corrected chi connectivity index (χ0v) is 19.0. The molecule has 0 unspecified atom stereocenters. The summed E-state index contributed by atoms with van der Waals surface area (Å²) in [5.74, 6) is 0.682. The summed E-state index contributed by atoms with van der Waals surface area (Å²) in [5, 5.41) is 1.65. The number of H-pyrrole nitrogens is 1. The van der Waals surface area contributed by atoms with Crippen LogP contribution in [0.5, 0.6) is 11.5 Å². The second-order valence-electron chi connectivity index (χ2n) is 8.20. The number of amides is 2. The van der Waals surface area contributed by atoms with Crippen molar-refractivity contribution in [1.82, 2.24) is 9.88 Å². The molecule has 0 aliphatic carbocycles. The Balaban J connectivity index is 1.69. The monoisotopic (exact) mass is 459 g/mol. The minimum Gasteiger partial charge on any atom is -0.497 e. The van der Waals surface area contributed by atoms with E-state index in [4.69, 9.17) is 19.9 Å². The van der Waals surface area contributed by atoms with Gasteiger partial charge in [0.15, 0.2) is 0 Å². The molecular weight excluding hydrogens is 434 g/mol. The Kier molecular flexibility index (Phi) is 5.59. The molecule has 34 heavy (non-hydrogen) atoms. The van der Waals surface area contributed by atoms with Gasteiger partial charge in [-0.25, -0.2) is 0 Å². The molecule has 0 spiro atoms. The van der Waals surface area contributed by atoms with Crippen LogP contribution in [0.4, 0.5) is 0 Å². The molecule has 8 nitrogen and oxygen atoms in total. The molecule has 1 fully saturated rings. The zero-order valence-electron chi connectivity index (χ0n) is 19.0. The van der Waals surface area contributed by atoms with Crippen molar-refractivity contribution in [1.29, 1.82) is 0 Å². The molecule has 5 rings (SSSR count). The number of carbonyl (C=O) groups is 2. The summed E-state index contributed by atoms with van der Waals surface area (Å²) in [5.41, 5.74) is 9.76. The Hall–Kier alpha value is -4.04. The number of nitrogens with two attached hydrogens (primary N) is 1. The number of hydrogen-bond acceptors (Lipinski definition) is 5. The molecule has 4 aromatic rings. The van der Waals surface area contributed by atoms with Gasteiger partial charge in [-0.1, -0.05) is 0 Å². The van der Waals surface area contributed by atoms with Crippen LogP contribution in [-0.4, -0.2) is 62.2 Å². The fourth-order valence-corrected chi connectivity index (χ4v) is 4.42. The number of nitrogens with zero attached hydrogens (tertiary/aromatic N) is 1. The highest BCUT2D eigenvalue weighted by atomic mass is 16.5. The molecule has 0 radical (unpaired) electrons. The van der Waals surface area contributed by atoms with E-state index >= 15 is 0 Å².